The summed E-state index contributed by atoms with van der Waals surface area (Å²) in [6, 6.07) is 22.3. The molecule has 0 unspecified atom stereocenters. The molecule has 0 radical (unpaired) electrons. The van der Waals surface area contributed by atoms with Gasteiger partial charge in [-0.25, -0.2) is 9.79 Å². The zero-order chi connectivity index (χ0) is 26.9. The van der Waals surface area contributed by atoms with Crippen LogP contribution in [0.5, 0.6) is 11.5 Å². The van der Waals surface area contributed by atoms with E-state index in [4.69, 9.17) is 19.2 Å². The monoisotopic (exact) mass is 556 g/mol. The summed E-state index contributed by atoms with van der Waals surface area (Å²) in [4.78, 5) is 34.0. The van der Waals surface area contributed by atoms with E-state index in [9.17, 15) is 9.59 Å². The highest BCUT2D eigenvalue weighted by molar-refractivity contribution is 7.98. The molecule has 2 aliphatic rings. The molecule has 0 aliphatic carbocycles. The number of hydrogen-bond acceptors (Lipinski definition) is 8. The lowest BCUT2D eigenvalue weighted by molar-refractivity contribution is -0.138. The normalized spacial score (nSPS) is 16.2. The molecule has 6 rings (SSSR count). The van der Waals surface area contributed by atoms with Crippen LogP contribution in [0.15, 0.2) is 93.1 Å². The van der Waals surface area contributed by atoms with Gasteiger partial charge in [0.05, 0.1) is 28.5 Å². The molecule has 0 N–H and O–H groups in total. The second-order valence-corrected chi connectivity index (χ2v) is 10.7. The van der Waals surface area contributed by atoms with Crippen molar-refractivity contribution in [2.75, 3.05) is 19.7 Å². The number of thiazole rings is 1. The Morgan fingerprint density at radius 2 is 1.87 bits per heavy atom. The van der Waals surface area contributed by atoms with Crippen LogP contribution in [0.3, 0.4) is 0 Å². The molecule has 7 nitrogen and oxygen atoms in total. The van der Waals surface area contributed by atoms with E-state index in [1.54, 1.807) is 23.3 Å². The van der Waals surface area contributed by atoms with Crippen molar-refractivity contribution >= 4 is 40.8 Å². The average molecular weight is 557 g/mol. The SMILES string of the molecule is CCOC(=O)C1=C(c2ccccc2)N=c2s/c(=C\c3ccc4c(c3)OCO4)c(=O)n2[C@H]1c1ccc(SC)cc1. The Morgan fingerprint density at radius 3 is 2.62 bits per heavy atom. The molecule has 0 saturated carbocycles. The van der Waals surface area contributed by atoms with Crippen molar-refractivity contribution in [3.8, 4) is 11.5 Å². The van der Waals surface area contributed by atoms with Gasteiger partial charge in [-0.3, -0.25) is 9.36 Å². The van der Waals surface area contributed by atoms with Gasteiger partial charge in [0.25, 0.3) is 5.56 Å². The number of rotatable bonds is 6. The summed E-state index contributed by atoms with van der Waals surface area (Å²) in [6.07, 6.45) is 3.82. The third kappa shape index (κ3) is 4.68. The van der Waals surface area contributed by atoms with Crippen molar-refractivity contribution in [1.82, 2.24) is 4.57 Å². The highest BCUT2D eigenvalue weighted by atomic mass is 32.2. The number of hydrogen-bond donors (Lipinski definition) is 0. The second-order valence-electron chi connectivity index (χ2n) is 8.82. The first kappa shape index (κ1) is 25.2. The molecule has 3 aromatic carbocycles. The van der Waals surface area contributed by atoms with Gasteiger partial charge in [-0.15, -0.1) is 11.8 Å². The number of carbonyl (C=O) groups excluding carboxylic acids is 1. The van der Waals surface area contributed by atoms with Crippen molar-refractivity contribution in [3.63, 3.8) is 0 Å². The Bertz CT molecular complexity index is 1770. The largest absolute Gasteiger partial charge is 0.463 e. The highest BCUT2D eigenvalue weighted by Crippen LogP contribution is 2.36. The molecule has 0 amide bonds. The van der Waals surface area contributed by atoms with E-state index >= 15 is 0 Å². The van der Waals surface area contributed by atoms with Crippen molar-refractivity contribution in [1.29, 1.82) is 0 Å². The van der Waals surface area contributed by atoms with Crippen LogP contribution in [-0.2, 0) is 9.53 Å². The van der Waals surface area contributed by atoms with Gasteiger partial charge in [0, 0.05) is 10.5 Å². The number of nitrogens with zero attached hydrogens (tertiary/aromatic N) is 2. The van der Waals surface area contributed by atoms with E-state index in [1.807, 2.05) is 85.1 Å². The van der Waals surface area contributed by atoms with Crippen molar-refractivity contribution < 1.29 is 19.0 Å². The van der Waals surface area contributed by atoms with E-state index in [2.05, 4.69) is 0 Å². The topological polar surface area (TPSA) is 79.1 Å². The Labute approximate surface area is 232 Å². The molecule has 2 aliphatic heterocycles. The summed E-state index contributed by atoms with van der Waals surface area (Å²) < 4.78 is 18.6. The predicted molar refractivity (Wildman–Crippen MR) is 152 cm³/mol. The molecule has 1 atom stereocenters. The summed E-state index contributed by atoms with van der Waals surface area (Å²) in [7, 11) is 0. The smallest absolute Gasteiger partial charge is 0.338 e. The Balaban J connectivity index is 1.61. The molecule has 0 saturated heterocycles. The molecule has 1 aromatic heterocycles. The summed E-state index contributed by atoms with van der Waals surface area (Å²) in [5, 5.41) is 0. The molecule has 0 spiro atoms. The second kappa shape index (κ2) is 10.6. The van der Waals surface area contributed by atoms with Gasteiger partial charge in [-0.1, -0.05) is 59.9 Å². The lowest BCUT2D eigenvalue weighted by Gasteiger charge is -2.26. The van der Waals surface area contributed by atoms with Crippen LogP contribution in [0.2, 0.25) is 0 Å². The standard InChI is InChI=1S/C30H24N2O5S2/c1-3-35-29(34)25-26(19-7-5-4-6-8-19)31-30-32(27(25)20-10-12-21(38-2)13-11-20)28(33)24(39-30)16-18-9-14-22-23(15-18)37-17-36-22/h4-16,27H,3,17H2,1-2H3/b24-16-/t27-/m0/s1. The molecule has 0 bridgehead atoms. The van der Waals surface area contributed by atoms with Crippen LogP contribution >= 0.6 is 23.1 Å². The summed E-state index contributed by atoms with van der Waals surface area (Å²) >= 11 is 2.91. The predicted octanol–water partition coefficient (Wildman–Crippen LogP) is 4.39. The number of benzene rings is 3. The number of ether oxygens (including phenoxy) is 3. The Morgan fingerprint density at radius 1 is 1.10 bits per heavy atom. The number of carbonyl (C=O) groups is 1. The Hall–Kier alpha value is -4.08. The first-order chi connectivity index (χ1) is 19.1. The minimum atomic E-state index is -0.703. The zero-order valence-electron chi connectivity index (χ0n) is 21.2. The zero-order valence-corrected chi connectivity index (χ0v) is 22.9. The molecular weight excluding hydrogens is 532 g/mol. The summed E-state index contributed by atoms with van der Waals surface area (Å²) in [5.41, 5.74) is 2.99. The third-order valence-corrected chi connectivity index (χ3v) is 8.23. The van der Waals surface area contributed by atoms with Crippen LogP contribution in [0, 0.1) is 0 Å². The Kier molecular flexibility index (Phi) is 6.85. The lowest BCUT2D eigenvalue weighted by atomic mass is 9.93. The van der Waals surface area contributed by atoms with Crippen LogP contribution < -0.4 is 24.4 Å². The molecule has 9 heteroatoms. The number of thioether (sulfide) groups is 1. The van der Waals surface area contributed by atoms with Crippen LogP contribution in [-0.4, -0.2) is 30.2 Å². The maximum Gasteiger partial charge on any atom is 0.338 e. The molecule has 4 aromatic rings. The third-order valence-electron chi connectivity index (χ3n) is 6.50. The minimum absolute atomic E-state index is 0.176. The van der Waals surface area contributed by atoms with Gasteiger partial charge in [-0.2, -0.15) is 0 Å². The van der Waals surface area contributed by atoms with Gasteiger partial charge in [0.1, 0.15) is 0 Å². The molecule has 3 heterocycles. The van der Waals surface area contributed by atoms with Crippen molar-refractivity contribution in [2.45, 2.75) is 17.9 Å². The number of fused-ring (bicyclic) bond motifs is 2. The maximum atomic E-state index is 14.0. The summed E-state index contributed by atoms with van der Waals surface area (Å²) in [6.45, 7) is 2.15. The van der Waals surface area contributed by atoms with Gasteiger partial charge < -0.3 is 14.2 Å². The highest BCUT2D eigenvalue weighted by Gasteiger charge is 2.35. The fourth-order valence-corrected chi connectivity index (χ4v) is 6.11. The molecule has 39 heavy (non-hydrogen) atoms. The quantitative estimate of drug-likeness (QED) is 0.259. The fourth-order valence-electron chi connectivity index (χ4n) is 4.70. The van der Waals surface area contributed by atoms with Crippen LogP contribution in [0.1, 0.15) is 29.7 Å². The molecular formula is C30H24N2O5S2. The average Bonchev–Trinajstić information content (AvgIpc) is 3.56. The first-order valence-electron chi connectivity index (χ1n) is 12.4. The first-order valence-corrected chi connectivity index (χ1v) is 14.4. The summed E-state index contributed by atoms with van der Waals surface area (Å²) in [5.74, 6) is 0.817. The number of aromatic nitrogens is 1. The van der Waals surface area contributed by atoms with Crippen LogP contribution in [0.25, 0.3) is 11.8 Å². The minimum Gasteiger partial charge on any atom is -0.463 e. The van der Waals surface area contributed by atoms with Gasteiger partial charge in [0.15, 0.2) is 16.3 Å². The van der Waals surface area contributed by atoms with Gasteiger partial charge >= 0.3 is 5.97 Å². The maximum absolute atomic E-state index is 14.0. The van der Waals surface area contributed by atoms with E-state index in [0.29, 0.717) is 32.1 Å². The van der Waals surface area contributed by atoms with E-state index in [1.165, 1.54) is 11.3 Å². The number of esters is 1. The van der Waals surface area contributed by atoms with Crippen molar-refractivity contribution in [2.24, 2.45) is 4.99 Å². The van der Waals surface area contributed by atoms with E-state index in [-0.39, 0.29) is 19.0 Å². The fraction of sp³-hybridized carbons (Fsp3) is 0.167. The molecule has 196 valence electrons. The van der Waals surface area contributed by atoms with E-state index < -0.39 is 12.0 Å². The van der Waals surface area contributed by atoms with Crippen molar-refractivity contribution in [3.05, 3.63) is 115 Å². The van der Waals surface area contributed by atoms with Gasteiger partial charge in [0.2, 0.25) is 6.79 Å². The lowest BCUT2D eigenvalue weighted by Crippen LogP contribution is -2.40. The van der Waals surface area contributed by atoms with Crippen LogP contribution in [0.4, 0.5) is 0 Å². The molecule has 0 fully saturated rings. The van der Waals surface area contributed by atoms with E-state index in [0.717, 1.165) is 21.6 Å². The van der Waals surface area contributed by atoms with Gasteiger partial charge in [-0.05, 0) is 54.6 Å².